The van der Waals surface area contributed by atoms with Gasteiger partial charge in [0.2, 0.25) is 11.8 Å². The Kier molecular flexibility index (Phi) is 5.10. The van der Waals surface area contributed by atoms with Gasteiger partial charge in [-0.1, -0.05) is 41.9 Å². The first-order chi connectivity index (χ1) is 13.5. The number of nitrogens with zero attached hydrogens (tertiary/aromatic N) is 2. The quantitative estimate of drug-likeness (QED) is 0.460. The number of nitrogens with one attached hydrogen (secondary N) is 1. The van der Waals surface area contributed by atoms with Gasteiger partial charge in [0.25, 0.3) is 0 Å². The lowest BCUT2D eigenvalue weighted by molar-refractivity contribution is -0.123. The number of benzene rings is 2. The van der Waals surface area contributed by atoms with Crippen molar-refractivity contribution in [3.8, 4) is 11.3 Å². The summed E-state index contributed by atoms with van der Waals surface area (Å²) in [6.45, 7) is 1.46. The van der Waals surface area contributed by atoms with Gasteiger partial charge >= 0.3 is 0 Å². The lowest BCUT2D eigenvalue weighted by atomic mass is 9.94. The van der Waals surface area contributed by atoms with Crippen LogP contribution in [0.4, 0.5) is 10.8 Å². The molecular weight excluding hydrogens is 417 g/mol. The number of β-lactam (4-membered cyclic amide) rings is 1. The largest absolute Gasteiger partial charge is 0.326 e. The number of carbonyl (C=O) groups excluding carboxylic acids is 2. The minimum Gasteiger partial charge on any atom is -0.326 e. The van der Waals surface area contributed by atoms with Gasteiger partial charge in [-0.15, -0.1) is 22.9 Å². The third-order valence-electron chi connectivity index (χ3n) is 4.45. The van der Waals surface area contributed by atoms with E-state index in [-0.39, 0.29) is 17.9 Å². The maximum absolute atomic E-state index is 12.4. The maximum Gasteiger partial charge on any atom is 0.249 e. The van der Waals surface area contributed by atoms with Crippen molar-refractivity contribution >= 4 is 57.2 Å². The van der Waals surface area contributed by atoms with Crippen LogP contribution < -0.4 is 10.2 Å². The molecule has 28 heavy (non-hydrogen) atoms. The van der Waals surface area contributed by atoms with Gasteiger partial charge in [-0.25, -0.2) is 4.98 Å². The molecule has 2 aromatic carbocycles. The number of hydrogen-bond donors (Lipinski definition) is 1. The molecule has 2 atom stereocenters. The van der Waals surface area contributed by atoms with Gasteiger partial charge in [0.15, 0.2) is 5.13 Å². The summed E-state index contributed by atoms with van der Waals surface area (Å²) in [5.74, 6) is -0.310. The van der Waals surface area contributed by atoms with Crippen LogP contribution in [0.15, 0.2) is 53.9 Å². The first kappa shape index (κ1) is 18.9. The third kappa shape index (κ3) is 3.39. The predicted octanol–water partition coefficient (Wildman–Crippen LogP) is 5.12. The lowest BCUT2D eigenvalue weighted by Gasteiger charge is -2.43. The molecule has 0 bridgehead atoms. The maximum atomic E-state index is 12.4. The molecule has 1 fully saturated rings. The van der Waals surface area contributed by atoms with Crippen molar-refractivity contribution in [1.29, 1.82) is 0 Å². The van der Waals surface area contributed by atoms with E-state index in [0.717, 1.165) is 16.8 Å². The SMILES string of the molecule is CC(=O)Nc1ccc(-c2csc(N3C(=O)C(Cl)C3c3ccccc3Cl)n2)cc1. The van der Waals surface area contributed by atoms with Crippen LogP contribution >= 0.6 is 34.5 Å². The van der Waals surface area contributed by atoms with Gasteiger partial charge in [0.1, 0.15) is 5.38 Å². The van der Waals surface area contributed by atoms with Crippen LogP contribution in [0.1, 0.15) is 18.5 Å². The van der Waals surface area contributed by atoms with Crippen molar-refractivity contribution in [2.45, 2.75) is 18.3 Å². The van der Waals surface area contributed by atoms with Crippen molar-refractivity contribution in [3.63, 3.8) is 0 Å². The molecule has 1 aromatic heterocycles. The van der Waals surface area contributed by atoms with Crippen LogP contribution in [0.2, 0.25) is 5.02 Å². The Morgan fingerprint density at radius 1 is 1.18 bits per heavy atom. The number of thiazole rings is 1. The second-order valence-corrected chi connectivity index (χ2v) is 8.06. The molecule has 3 aromatic rings. The van der Waals surface area contributed by atoms with Crippen LogP contribution in [0.5, 0.6) is 0 Å². The lowest BCUT2D eigenvalue weighted by Crippen LogP contribution is -2.56. The smallest absolute Gasteiger partial charge is 0.249 e. The highest BCUT2D eigenvalue weighted by molar-refractivity contribution is 7.14. The van der Waals surface area contributed by atoms with Gasteiger partial charge in [0.05, 0.1) is 11.7 Å². The van der Waals surface area contributed by atoms with E-state index in [1.807, 2.05) is 47.8 Å². The van der Waals surface area contributed by atoms with E-state index < -0.39 is 5.38 Å². The van der Waals surface area contributed by atoms with Crippen molar-refractivity contribution < 1.29 is 9.59 Å². The minimum atomic E-state index is -0.663. The summed E-state index contributed by atoms with van der Waals surface area (Å²) in [5, 5.41) is 5.10. The molecule has 0 spiro atoms. The second-order valence-electron chi connectivity index (χ2n) is 6.35. The summed E-state index contributed by atoms with van der Waals surface area (Å²) in [6, 6.07) is 14.4. The van der Waals surface area contributed by atoms with Gasteiger partial charge in [-0.05, 0) is 23.8 Å². The Morgan fingerprint density at radius 3 is 2.57 bits per heavy atom. The zero-order valence-corrected chi connectivity index (χ0v) is 17.1. The van der Waals surface area contributed by atoms with E-state index in [2.05, 4.69) is 10.3 Å². The molecule has 5 nitrogen and oxygen atoms in total. The fourth-order valence-electron chi connectivity index (χ4n) is 3.11. The van der Waals surface area contributed by atoms with Gasteiger partial charge in [-0.3, -0.25) is 14.5 Å². The zero-order valence-electron chi connectivity index (χ0n) is 14.7. The highest BCUT2D eigenvalue weighted by Crippen LogP contribution is 2.45. The second kappa shape index (κ2) is 7.54. The van der Waals surface area contributed by atoms with Crippen molar-refractivity contribution in [2.75, 3.05) is 10.2 Å². The fraction of sp³-hybridized carbons (Fsp3) is 0.150. The van der Waals surface area contributed by atoms with Crippen LogP contribution in [0.3, 0.4) is 0 Å². The molecule has 1 saturated heterocycles. The van der Waals surface area contributed by atoms with E-state index in [1.54, 1.807) is 11.0 Å². The standard InChI is InChI=1S/C20H15Cl2N3O2S/c1-11(26)23-13-8-6-12(7-9-13)16-10-28-20(24-16)25-18(17(22)19(25)27)14-4-2-3-5-15(14)21/h2-10,17-18H,1H3,(H,23,26). The molecule has 2 amide bonds. The Morgan fingerprint density at radius 2 is 1.89 bits per heavy atom. The number of aromatic nitrogens is 1. The average Bonchev–Trinajstić information content (AvgIpc) is 3.15. The number of amides is 2. The molecule has 142 valence electrons. The monoisotopic (exact) mass is 431 g/mol. The number of alkyl halides is 1. The molecule has 8 heteroatoms. The topological polar surface area (TPSA) is 62.3 Å². The van der Waals surface area contributed by atoms with E-state index in [4.69, 9.17) is 23.2 Å². The van der Waals surface area contributed by atoms with Gasteiger partial charge in [0, 0.05) is 28.6 Å². The number of anilines is 2. The molecule has 0 radical (unpaired) electrons. The van der Waals surface area contributed by atoms with E-state index >= 15 is 0 Å². The molecule has 1 N–H and O–H groups in total. The summed E-state index contributed by atoms with van der Waals surface area (Å²) < 4.78 is 0. The molecule has 4 rings (SSSR count). The summed E-state index contributed by atoms with van der Waals surface area (Å²) in [7, 11) is 0. The number of carbonyl (C=O) groups is 2. The molecule has 0 saturated carbocycles. The summed E-state index contributed by atoms with van der Waals surface area (Å²) in [4.78, 5) is 29.8. The molecule has 2 heterocycles. The Labute approximate surface area is 175 Å². The highest BCUT2D eigenvalue weighted by atomic mass is 35.5. The van der Waals surface area contributed by atoms with Crippen LogP contribution in [-0.4, -0.2) is 22.2 Å². The predicted molar refractivity (Wildman–Crippen MR) is 113 cm³/mol. The molecule has 1 aliphatic heterocycles. The van der Waals surface area contributed by atoms with Gasteiger partial charge < -0.3 is 5.32 Å². The van der Waals surface area contributed by atoms with Crippen LogP contribution in [0.25, 0.3) is 11.3 Å². The van der Waals surface area contributed by atoms with Crippen LogP contribution in [-0.2, 0) is 9.59 Å². The van der Waals surface area contributed by atoms with Crippen molar-refractivity contribution in [1.82, 2.24) is 4.98 Å². The number of hydrogen-bond acceptors (Lipinski definition) is 4. The van der Waals surface area contributed by atoms with Crippen molar-refractivity contribution in [2.24, 2.45) is 0 Å². The Bertz CT molecular complexity index is 1050. The summed E-state index contributed by atoms with van der Waals surface area (Å²) in [6.07, 6.45) is 0. The molecular formula is C20H15Cl2N3O2S. The summed E-state index contributed by atoms with van der Waals surface area (Å²) >= 11 is 14.0. The molecule has 2 unspecified atom stereocenters. The first-order valence-corrected chi connectivity index (χ1v) is 10.2. The van der Waals surface area contributed by atoms with Crippen LogP contribution in [0, 0.1) is 0 Å². The molecule has 0 aliphatic carbocycles. The molecule has 1 aliphatic rings. The van der Waals surface area contributed by atoms with E-state index in [0.29, 0.717) is 15.8 Å². The number of halogens is 2. The van der Waals surface area contributed by atoms with E-state index in [9.17, 15) is 9.59 Å². The Balaban J connectivity index is 1.60. The fourth-order valence-corrected chi connectivity index (χ4v) is 4.59. The Hall–Kier alpha value is -2.41. The van der Waals surface area contributed by atoms with Gasteiger partial charge in [-0.2, -0.15) is 0 Å². The number of rotatable bonds is 4. The normalized spacial score (nSPS) is 18.7. The zero-order chi connectivity index (χ0) is 19.8. The van der Waals surface area contributed by atoms with E-state index in [1.165, 1.54) is 18.3 Å². The highest BCUT2D eigenvalue weighted by Gasteiger charge is 2.49. The first-order valence-electron chi connectivity index (χ1n) is 8.51. The minimum absolute atomic E-state index is 0.124. The summed E-state index contributed by atoms with van der Waals surface area (Å²) in [5.41, 5.74) is 3.16. The third-order valence-corrected chi connectivity index (χ3v) is 6.06. The average molecular weight is 432 g/mol. The van der Waals surface area contributed by atoms with Crippen molar-refractivity contribution in [3.05, 3.63) is 64.5 Å².